The summed E-state index contributed by atoms with van der Waals surface area (Å²) >= 11 is 1.43. The number of nitrogens with one attached hydrogen (secondary N) is 2. The second-order valence-corrected chi connectivity index (χ2v) is 10.1. The summed E-state index contributed by atoms with van der Waals surface area (Å²) in [7, 11) is 2.15. The van der Waals surface area contributed by atoms with Gasteiger partial charge < -0.3 is 25.5 Å². The van der Waals surface area contributed by atoms with Crippen LogP contribution in [0.5, 0.6) is 0 Å². The summed E-state index contributed by atoms with van der Waals surface area (Å²) in [6.45, 7) is 4.27. The first-order valence-corrected chi connectivity index (χ1v) is 12.8. The van der Waals surface area contributed by atoms with Crippen LogP contribution in [0.2, 0.25) is 0 Å². The molecule has 180 valence electrons. The SMILES string of the molecule is CN1CCN(c2ccc(Nc3ncc4sc(C(=O)NCCO)c(C5CCCC5)c4n3)nc2)CC1. The molecule has 34 heavy (non-hydrogen) atoms. The number of rotatable bonds is 7. The maximum absolute atomic E-state index is 12.8. The van der Waals surface area contributed by atoms with Crippen LogP contribution in [0.25, 0.3) is 10.2 Å². The monoisotopic (exact) mass is 481 g/mol. The fourth-order valence-electron chi connectivity index (χ4n) is 4.81. The molecule has 9 nitrogen and oxygen atoms in total. The Balaban J connectivity index is 1.39. The summed E-state index contributed by atoms with van der Waals surface area (Å²) in [5, 5.41) is 15.1. The number of amides is 1. The number of pyridine rings is 1. The number of aromatic nitrogens is 3. The number of hydrogen-bond acceptors (Lipinski definition) is 9. The van der Waals surface area contributed by atoms with Gasteiger partial charge in [-0.05, 0) is 37.9 Å². The Labute approximate surface area is 203 Å². The van der Waals surface area contributed by atoms with Gasteiger partial charge in [-0.1, -0.05) is 12.8 Å². The van der Waals surface area contributed by atoms with E-state index in [1.54, 1.807) is 6.20 Å². The smallest absolute Gasteiger partial charge is 0.261 e. The summed E-state index contributed by atoms with van der Waals surface area (Å²) in [6.07, 6.45) is 8.14. The molecule has 1 saturated carbocycles. The van der Waals surface area contributed by atoms with Crippen molar-refractivity contribution in [3.05, 3.63) is 35.0 Å². The normalized spacial score (nSPS) is 17.4. The van der Waals surface area contributed by atoms with Crippen molar-refractivity contribution in [2.45, 2.75) is 31.6 Å². The van der Waals surface area contributed by atoms with Crippen molar-refractivity contribution in [1.82, 2.24) is 25.2 Å². The van der Waals surface area contributed by atoms with Gasteiger partial charge in [-0.25, -0.2) is 15.0 Å². The quantitative estimate of drug-likeness (QED) is 0.473. The minimum Gasteiger partial charge on any atom is -0.395 e. The lowest BCUT2D eigenvalue weighted by molar-refractivity contribution is 0.0947. The van der Waals surface area contributed by atoms with Gasteiger partial charge in [0.25, 0.3) is 5.91 Å². The van der Waals surface area contributed by atoms with E-state index >= 15 is 0 Å². The molecule has 0 atom stereocenters. The predicted molar refractivity (Wildman–Crippen MR) is 135 cm³/mol. The van der Waals surface area contributed by atoms with Gasteiger partial charge in [-0.2, -0.15) is 0 Å². The fraction of sp³-hybridized carbons (Fsp3) is 0.500. The largest absolute Gasteiger partial charge is 0.395 e. The number of piperazine rings is 1. The lowest BCUT2D eigenvalue weighted by Crippen LogP contribution is -2.44. The number of carbonyl (C=O) groups is 1. The van der Waals surface area contributed by atoms with Crippen LogP contribution in [0.4, 0.5) is 17.5 Å². The molecule has 3 aromatic rings. The molecule has 5 rings (SSSR count). The van der Waals surface area contributed by atoms with Gasteiger partial charge in [-0.3, -0.25) is 4.79 Å². The van der Waals surface area contributed by atoms with Crippen molar-refractivity contribution in [3.63, 3.8) is 0 Å². The van der Waals surface area contributed by atoms with E-state index in [9.17, 15) is 4.79 Å². The number of aliphatic hydroxyl groups is 1. The second kappa shape index (κ2) is 10.2. The molecule has 4 heterocycles. The van der Waals surface area contributed by atoms with Gasteiger partial charge in [0.05, 0.1) is 39.8 Å². The first-order valence-electron chi connectivity index (χ1n) is 12.0. The number of thiophene rings is 1. The summed E-state index contributed by atoms with van der Waals surface area (Å²) in [6, 6.07) is 4.04. The van der Waals surface area contributed by atoms with Gasteiger partial charge in [-0.15, -0.1) is 11.3 Å². The predicted octanol–water partition coefficient (Wildman–Crippen LogP) is 2.96. The molecule has 0 aromatic carbocycles. The Morgan fingerprint density at radius 3 is 2.65 bits per heavy atom. The molecule has 1 saturated heterocycles. The van der Waals surface area contributed by atoms with Crippen LogP contribution in [0.15, 0.2) is 24.5 Å². The molecule has 3 aromatic heterocycles. The first kappa shape index (κ1) is 22.9. The Morgan fingerprint density at radius 1 is 1.15 bits per heavy atom. The highest BCUT2D eigenvalue weighted by Gasteiger charge is 2.28. The van der Waals surface area contributed by atoms with Crippen molar-refractivity contribution < 1.29 is 9.90 Å². The van der Waals surface area contributed by atoms with Crippen molar-refractivity contribution in [2.24, 2.45) is 0 Å². The minimum absolute atomic E-state index is 0.0795. The van der Waals surface area contributed by atoms with Crippen LogP contribution >= 0.6 is 11.3 Å². The molecule has 0 unspecified atom stereocenters. The molecule has 0 spiro atoms. The van der Waals surface area contributed by atoms with Crippen LogP contribution in [-0.4, -0.2) is 77.2 Å². The van der Waals surface area contributed by atoms with E-state index in [-0.39, 0.29) is 19.1 Å². The van der Waals surface area contributed by atoms with Gasteiger partial charge in [0.1, 0.15) is 5.82 Å². The summed E-state index contributed by atoms with van der Waals surface area (Å²) in [4.78, 5) is 32.1. The third-order valence-corrected chi connectivity index (χ3v) is 7.82. The average molecular weight is 482 g/mol. The summed E-state index contributed by atoms with van der Waals surface area (Å²) in [5.41, 5.74) is 2.99. The van der Waals surface area contributed by atoms with Crippen molar-refractivity contribution in [2.75, 3.05) is 56.6 Å². The molecular formula is C24H31N7O2S. The van der Waals surface area contributed by atoms with Gasteiger partial charge in [0, 0.05) is 38.3 Å². The van der Waals surface area contributed by atoms with Crippen molar-refractivity contribution >= 4 is 44.9 Å². The van der Waals surface area contributed by atoms with E-state index in [0.717, 1.165) is 60.5 Å². The minimum atomic E-state index is -0.144. The first-order chi connectivity index (χ1) is 16.6. The van der Waals surface area contributed by atoms with E-state index in [1.165, 1.54) is 24.2 Å². The molecule has 10 heteroatoms. The third kappa shape index (κ3) is 4.84. The van der Waals surface area contributed by atoms with E-state index in [2.05, 4.69) is 43.5 Å². The van der Waals surface area contributed by atoms with Crippen molar-refractivity contribution in [3.8, 4) is 0 Å². The van der Waals surface area contributed by atoms with E-state index in [4.69, 9.17) is 10.1 Å². The number of aliphatic hydroxyl groups excluding tert-OH is 1. The van der Waals surface area contributed by atoms with Crippen LogP contribution in [0.3, 0.4) is 0 Å². The van der Waals surface area contributed by atoms with Crippen LogP contribution in [0.1, 0.15) is 46.8 Å². The zero-order chi connectivity index (χ0) is 23.5. The zero-order valence-electron chi connectivity index (χ0n) is 19.5. The number of fused-ring (bicyclic) bond motifs is 1. The Bertz CT molecular complexity index is 1140. The fourth-order valence-corrected chi connectivity index (χ4v) is 5.92. The molecule has 1 aliphatic heterocycles. The van der Waals surface area contributed by atoms with Crippen LogP contribution < -0.4 is 15.5 Å². The number of carbonyl (C=O) groups excluding carboxylic acids is 1. The highest BCUT2D eigenvalue weighted by molar-refractivity contribution is 7.21. The molecule has 1 amide bonds. The topological polar surface area (TPSA) is 107 Å². The van der Waals surface area contributed by atoms with Gasteiger partial charge in [0.2, 0.25) is 5.95 Å². The Hall–Kier alpha value is -2.82. The van der Waals surface area contributed by atoms with E-state index < -0.39 is 0 Å². The standard InChI is InChI=1S/C24H31N7O2S/c1-30-9-11-31(12-10-30)17-6-7-19(26-14-17)28-24-27-15-18-21(29-24)20(16-4-2-3-5-16)22(34-18)23(33)25-8-13-32/h6-7,14-16,32H,2-5,8-13H2,1H3,(H,25,33)(H,26,27,28,29). The van der Waals surface area contributed by atoms with E-state index in [1.807, 2.05) is 12.3 Å². The van der Waals surface area contributed by atoms with Crippen LogP contribution in [-0.2, 0) is 0 Å². The lowest BCUT2D eigenvalue weighted by atomic mass is 9.96. The summed E-state index contributed by atoms with van der Waals surface area (Å²) in [5.74, 6) is 1.35. The highest BCUT2D eigenvalue weighted by atomic mass is 32.1. The van der Waals surface area contributed by atoms with Crippen molar-refractivity contribution in [1.29, 1.82) is 0 Å². The zero-order valence-corrected chi connectivity index (χ0v) is 20.3. The molecule has 0 bridgehead atoms. The molecular weight excluding hydrogens is 450 g/mol. The number of anilines is 3. The average Bonchev–Trinajstić information content (AvgIpc) is 3.51. The Kier molecular flexibility index (Phi) is 6.89. The molecule has 2 fully saturated rings. The number of likely N-dealkylation sites (N-methyl/N-ethyl adjacent to an activating group) is 1. The maximum Gasteiger partial charge on any atom is 0.261 e. The maximum atomic E-state index is 12.8. The lowest BCUT2D eigenvalue weighted by Gasteiger charge is -2.33. The molecule has 1 aliphatic carbocycles. The Morgan fingerprint density at radius 2 is 1.94 bits per heavy atom. The number of nitrogens with zero attached hydrogens (tertiary/aromatic N) is 5. The number of hydrogen-bond donors (Lipinski definition) is 3. The van der Waals surface area contributed by atoms with Crippen LogP contribution in [0, 0.1) is 0 Å². The highest BCUT2D eigenvalue weighted by Crippen LogP contribution is 2.43. The van der Waals surface area contributed by atoms with Gasteiger partial charge in [0.15, 0.2) is 0 Å². The second-order valence-electron chi connectivity index (χ2n) is 9.03. The molecule has 3 N–H and O–H groups in total. The molecule has 0 radical (unpaired) electrons. The van der Waals surface area contributed by atoms with E-state index in [0.29, 0.717) is 22.6 Å². The molecule has 2 aliphatic rings. The summed E-state index contributed by atoms with van der Waals surface area (Å²) < 4.78 is 0.903. The van der Waals surface area contributed by atoms with Gasteiger partial charge >= 0.3 is 0 Å². The third-order valence-electron chi connectivity index (χ3n) is 6.69.